The largest absolute Gasteiger partial charge is 0.379 e. The van der Waals surface area contributed by atoms with E-state index in [9.17, 15) is 0 Å². The number of aliphatic imine (C=N–C) groups is 1. The van der Waals surface area contributed by atoms with Crippen molar-refractivity contribution >= 4 is 29.9 Å². The summed E-state index contributed by atoms with van der Waals surface area (Å²) in [6.45, 7) is 7.44. The molecule has 1 fully saturated rings. The summed E-state index contributed by atoms with van der Waals surface area (Å²) in [6, 6.07) is 8.36. The van der Waals surface area contributed by atoms with Crippen LogP contribution in [-0.4, -0.2) is 52.1 Å². The van der Waals surface area contributed by atoms with Crippen LogP contribution in [0.5, 0.6) is 0 Å². The van der Waals surface area contributed by atoms with Gasteiger partial charge >= 0.3 is 0 Å². The van der Waals surface area contributed by atoms with Crippen LogP contribution in [0, 0.1) is 0 Å². The van der Waals surface area contributed by atoms with Crippen LogP contribution in [-0.2, 0) is 27.4 Å². The fourth-order valence-electron chi connectivity index (χ4n) is 2.97. The van der Waals surface area contributed by atoms with Gasteiger partial charge in [-0.1, -0.05) is 31.2 Å². The van der Waals surface area contributed by atoms with Gasteiger partial charge in [-0.2, -0.15) is 0 Å². The maximum absolute atomic E-state index is 5.69. The molecule has 1 heterocycles. The summed E-state index contributed by atoms with van der Waals surface area (Å²) in [4.78, 5) is 4.29. The van der Waals surface area contributed by atoms with Gasteiger partial charge in [0.05, 0.1) is 19.3 Å². The second-order valence-corrected chi connectivity index (χ2v) is 6.74. The van der Waals surface area contributed by atoms with Gasteiger partial charge in [0.25, 0.3) is 0 Å². The molecule has 1 saturated heterocycles. The van der Waals surface area contributed by atoms with E-state index in [1.165, 1.54) is 11.1 Å². The third-order valence-electron chi connectivity index (χ3n) is 4.48. The van der Waals surface area contributed by atoms with Gasteiger partial charge in [-0.15, -0.1) is 24.0 Å². The van der Waals surface area contributed by atoms with Gasteiger partial charge in [0.15, 0.2) is 5.96 Å². The topological polar surface area (TPSA) is 64.1 Å². The summed E-state index contributed by atoms with van der Waals surface area (Å²) >= 11 is 0. The van der Waals surface area contributed by atoms with E-state index < -0.39 is 0 Å². The van der Waals surface area contributed by atoms with Crippen molar-refractivity contribution in [3.8, 4) is 0 Å². The molecule has 0 bridgehead atoms. The van der Waals surface area contributed by atoms with E-state index in [1.54, 1.807) is 7.05 Å². The quantitative estimate of drug-likeness (QED) is 0.197. The van der Waals surface area contributed by atoms with E-state index in [-0.39, 0.29) is 24.0 Å². The fraction of sp³-hybridized carbons (Fsp3) is 0.667. The van der Waals surface area contributed by atoms with Crippen LogP contribution in [0.1, 0.15) is 43.7 Å². The lowest BCUT2D eigenvalue weighted by Crippen LogP contribution is -2.37. The molecule has 0 amide bonds. The first kappa shape index (κ1) is 25.1. The van der Waals surface area contributed by atoms with E-state index in [1.807, 2.05) is 0 Å². The zero-order valence-electron chi connectivity index (χ0n) is 17.2. The molecule has 2 rings (SSSR count). The summed E-state index contributed by atoms with van der Waals surface area (Å²) in [7, 11) is 1.79. The number of rotatable bonds is 12. The molecular formula is C21H36IN3O3. The van der Waals surface area contributed by atoms with E-state index >= 15 is 0 Å². The van der Waals surface area contributed by atoms with Crippen molar-refractivity contribution < 1.29 is 14.2 Å². The minimum atomic E-state index is 0. The molecule has 1 aliphatic heterocycles. The molecule has 0 spiro atoms. The molecule has 7 heteroatoms. The minimum Gasteiger partial charge on any atom is -0.379 e. The van der Waals surface area contributed by atoms with Crippen LogP contribution in [0.25, 0.3) is 0 Å². The van der Waals surface area contributed by atoms with Crippen molar-refractivity contribution in [1.29, 1.82) is 0 Å². The first-order chi connectivity index (χ1) is 13.3. The Morgan fingerprint density at radius 1 is 1.18 bits per heavy atom. The highest BCUT2D eigenvalue weighted by molar-refractivity contribution is 14.0. The zero-order valence-corrected chi connectivity index (χ0v) is 19.6. The van der Waals surface area contributed by atoms with Gasteiger partial charge < -0.3 is 24.8 Å². The van der Waals surface area contributed by atoms with Crippen molar-refractivity contribution in [2.24, 2.45) is 4.99 Å². The molecule has 0 aromatic heterocycles. The highest BCUT2D eigenvalue weighted by atomic mass is 127. The van der Waals surface area contributed by atoms with Gasteiger partial charge in [-0.25, -0.2) is 0 Å². The lowest BCUT2D eigenvalue weighted by atomic mass is 10.1. The molecule has 0 saturated carbocycles. The Morgan fingerprint density at radius 3 is 2.71 bits per heavy atom. The molecule has 1 unspecified atom stereocenters. The third kappa shape index (κ3) is 10.0. The van der Waals surface area contributed by atoms with Crippen LogP contribution in [0.15, 0.2) is 29.3 Å². The van der Waals surface area contributed by atoms with Gasteiger partial charge in [0, 0.05) is 40.0 Å². The lowest BCUT2D eigenvalue weighted by molar-refractivity contribution is 0.0168. The molecule has 1 aromatic rings. The smallest absolute Gasteiger partial charge is 0.191 e. The maximum atomic E-state index is 5.69. The van der Waals surface area contributed by atoms with Crippen molar-refractivity contribution in [3.63, 3.8) is 0 Å². The van der Waals surface area contributed by atoms with Crippen molar-refractivity contribution in [1.82, 2.24) is 10.6 Å². The van der Waals surface area contributed by atoms with Crippen molar-refractivity contribution in [2.75, 3.05) is 40.0 Å². The minimum absolute atomic E-state index is 0. The number of halogens is 1. The van der Waals surface area contributed by atoms with Crippen LogP contribution >= 0.6 is 24.0 Å². The predicted octanol–water partition coefficient (Wildman–Crippen LogP) is 3.48. The molecule has 1 aromatic carbocycles. The van der Waals surface area contributed by atoms with Crippen LogP contribution < -0.4 is 10.6 Å². The number of hydrogen-bond acceptors (Lipinski definition) is 4. The number of guanidine groups is 1. The average molecular weight is 505 g/mol. The SMILES string of the molecule is CCCOCc1ccccc1CNC(=NC)NCCCOCC1CCCO1.I. The molecule has 0 aliphatic carbocycles. The molecule has 160 valence electrons. The molecule has 2 N–H and O–H groups in total. The monoisotopic (exact) mass is 505 g/mol. The van der Waals surface area contributed by atoms with Crippen molar-refractivity contribution in [2.45, 2.75) is 51.9 Å². The fourth-order valence-corrected chi connectivity index (χ4v) is 2.97. The van der Waals surface area contributed by atoms with E-state index in [0.717, 1.165) is 64.6 Å². The maximum Gasteiger partial charge on any atom is 0.191 e. The normalized spacial score (nSPS) is 16.6. The second-order valence-electron chi connectivity index (χ2n) is 6.74. The Kier molecular flexibility index (Phi) is 14.3. The molecule has 28 heavy (non-hydrogen) atoms. The number of ether oxygens (including phenoxy) is 3. The van der Waals surface area contributed by atoms with Crippen LogP contribution in [0.3, 0.4) is 0 Å². The number of hydrogen-bond donors (Lipinski definition) is 2. The predicted molar refractivity (Wildman–Crippen MR) is 124 cm³/mol. The Hall–Kier alpha value is -0.900. The summed E-state index contributed by atoms with van der Waals surface area (Å²) < 4.78 is 16.9. The Balaban J connectivity index is 0.00000392. The molecule has 0 radical (unpaired) electrons. The number of benzene rings is 1. The summed E-state index contributed by atoms with van der Waals surface area (Å²) in [5.41, 5.74) is 2.45. The van der Waals surface area contributed by atoms with Gasteiger partial charge in [0.1, 0.15) is 0 Å². The zero-order chi connectivity index (χ0) is 19.2. The highest BCUT2D eigenvalue weighted by Gasteiger charge is 2.14. The second kappa shape index (κ2) is 16.0. The van der Waals surface area contributed by atoms with E-state index in [2.05, 4.69) is 46.8 Å². The summed E-state index contributed by atoms with van der Waals surface area (Å²) in [5, 5.41) is 6.71. The van der Waals surface area contributed by atoms with E-state index in [4.69, 9.17) is 14.2 Å². The average Bonchev–Trinajstić information content (AvgIpc) is 3.21. The van der Waals surface area contributed by atoms with E-state index in [0.29, 0.717) is 19.3 Å². The first-order valence-corrected chi connectivity index (χ1v) is 10.1. The lowest BCUT2D eigenvalue weighted by Gasteiger charge is -2.15. The first-order valence-electron chi connectivity index (χ1n) is 10.1. The van der Waals surface area contributed by atoms with Crippen molar-refractivity contribution in [3.05, 3.63) is 35.4 Å². The third-order valence-corrected chi connectivity index (χ3v) is 4.48. The van der Waals surface area contributed by atoms with Gasteiger partial charge in [0.2, 0.25) is 0 Å². The van der Waals surface area contributed by atoms with Crippen LogP contribution in [0.4, 0.5) is 0 Å². The molecular weight excluding hydrogens is 469 g/mol. The Morgan fingerprint density at radius 2 is 2.00 bits per heavy atom. The number of nitrogens with one attached hydrogen (secondary N) is 2. The highest BCUT2D eigenvalue weighted by Crippen LogP contribution is 2.12. The van der Waals surface area contributed by atoms with Gasteiger partial charge in [-0.3, -0.25) is 4.99 Å². The van der Waals surface area contributed by atoms with Crippen LogP contribution in [0.2, 0.25) is 0 Å². The van der Waals surface area contributed by atoms with Gasteiger partial charge in [-0.05, 0) is 36.8 Å². The molecule has 1 atom stereocenters. The number of nitrogens with zero attached hydrogens (tertiary/aromatic N) is 1. The molecule has 1 aliphatic rings. The molecule has 6 nitrogen and oxygen atoms in total. The standard InChI is InChI=1S/C21H35N3O3.HI/c1-3-12-25-16-19-9-5-4-8-18(19)15-24-21(22-2)23-11-7-13-26-17-20-10-6-14-27-20;/h4-5,8-9,20H,3,6-7,10-17H2,1-2H3,(H2,22,23,24);1H. The Labute approximate surface area is 186 Å². The summed E-state index contributed by atoms with van der Waals surface area (Å²) in [6.07, 6.45) is 4.56. The Bertz CT molecular complexity index is 551. The summed E-state index contributed by atoms with van der Waals surface area (Å²) in [5.74, 6) is 0.804.